The Balaban J connectivity index is 2.80. The summed E-state index contributed by atoms with van der Waals surface area (Å²) in [4.78, 5) is 29.9. The molecule has 1 atom stereocenters. The summed E-state index contributed by atoms with van der Waals surface area (Å²) in [6.07, 6.45) is 3.74. The lowest BCUT2D eigenvalue weighted by Crippen LogP contribution is -2.52. The zero-order valence-corrected chi connectivity index (χ0v) is 10.2. The second-order valence-electron chi connectivity index (χ2n) is 3.80. The van der Waals surface area contributed by atoms with E-state index in [1.807, 2.05) is 0 Å². The van der Waals surface area contributed by atoms with Gasteiger partial charge in [0.25, 0.3) is 0 Å². The highest BCUT2D eigenvalue weighted by Gasteiger charge is 2.31. The van der Waals surface area contributed by atoms with E-state index in [-0.39, 0.29) is 24.3 Å². The van der Waals surface area contributed by atoms with E-state index in [2.05, 4.69) is 25.5 Å². The van der Waals surface area contributed by atoms with Gasteiger partial charge in [-0.15, -0.1) is 5.06 Å². The Labute approximate surface area is 106 Å². The molecule has 0 spiro atoms. The monoisotopic (exact) mass is 248 g/mol. The van der Waals surface area contributed by atoms with Gasteiger partial charge >= 0.3 is 0 Å². The molecule has 0 aromatic heterocycles. The predicted molar refractivity (Wildman–Crippen MR) is 67.0 cm³/mol. The average Bonchev–Trinajstić information content (AvgIpc) is 2.42. The first-order valence-corrected chi connectivity index (χ1v) is 5.46. The number of allylic oxidation sites excluding steroid dienone is 1. The lowest BCUT2D eigenvalue weighted by atomic mass is 10.0. The highest BCUT2D eigenvalue weighted by Crippen LogP contribution is 2.14. The van der Waals surface area contributed by atoms with Gasteiger partial charge < -0.3 is 9.74 Å². The van der Waals surface area contributed by atoms with Crippen LogP contribution in [0.2, 0.25) is 0 Å². The molecular formula is C13H16N2O3. The highest BCUT2D eigenvalue weighted by molar-refractivity contribution is 5.93. The molecule has 1 fully saturated rings. The van der Waals surface area contributed by atoms with E-state index in [9.17, 15) is 9.59 Å². The third kappa shape index (κ3) is 3.45. The molecule has 5 nitrogen and oxygen atoms in total. The lowest BCUT2D eigenvalue weighted by molar-refractivity contribution is -0.176. The van der Waals surface area contributed by atoms with E-state index >= 15 is 0 Å². The quantitative estimate of drug-likeness (QED) is 0.411. The van der Waals surface area contributed by atoms with Crippen LogP contribution in [-0.4, -0.2) is 41.4 Å². The summed E-state index contributed by atoms with van der Waals surface area (Å²) in [7, 11) is 0. The van der Waals surface area contributed by atoms with Gasteiger partial charge in [0.2, 0.25) is 5.91 Å². The Hall–Kier alpha value is -2.10. The molecule has 1 unspecified atom stereocenters. The first-order chi connectivity index (χ1) is 8.62. The van der Waals surface area contributed by atoms with E-state index in [1.54, 1.807) is 0 Å². The minimum Gasteiger partial charge on any atom is -0.404 e. The number of nitrogens with zero attached hydrogens (tertiary/aromatic N) is 2. The van der Waals surface area contributed by atoms with Crippen LogP contribution in [0.15, 0.2) is 43.9 Å². The van der Waals surface area contributed by atoms with E-state index < -0.39 is 0 Å². The molecule has 1 saturated heterocycles. The number of carbonyl (C=O) groups is 2. The fraction of sp³-hybridized carbons (Fsp3) is 0.308. The Kier molecular flexibility index (Phi) is 5.11. The molecule has 96 valence electrons. The molecule has 0 radical (unpaired) electrons. The Morgan fingerprint density at radius 1 is 1.28 bits per heavy atom. The van der Waals surface area contributed by atoms with Crippen LogP contribution in [0.25, 0.3) is 0 Å². The van der Waals surface area contributed by atoms with Crippen molar-refractivity contribution in [1.82, 2.24) is 9.96 Å². The van der Waals surface area contributed by atoms with Crippen LogP contribution in [0.5, 0.6) is 0 Å². The fourth-order valence-corrected chi connectivity index (χ4v) is 1.70. The number of hydroxylamine groups is 2. The topological polar surface area (TPSA) is 49.9 Å². The summed E-state index contributed by atoms with van der Waals surface area (Å²) < 4.78 is 0. The normalized spacial score (nSPS) is 19.6. The molecule has 0 N–H and O–H groups in total. The maximum Gasteiger partial charge on any atom is 0.247 e. The molecule has 1 amide bonds. The van der Waals surface area contributed by atoms with Gasteiger partial charge in [0.15, 0.2) is 12.0 Å². The van der Waals surface area contributed by atoms with Gasteiger partial charge in [0.05, 0.1) is 5.92 Å². The number of rotatable bonds is 5. The van der Waals surface area contributed by atoms with E-state index in [1.165, 1.54) is 28.4 Å². The maximum absolute atomic E-state index is 11.6. The summed E-state index contributed by atoms with van der Waals surface area (Å²) in [5, 5.41) is 1.50. The van der Waals surface area contributed by atoms with E-state index in [0.717, 1.165) is 0 Å². The number of hydrogen-bond donors (Lipinski definition) is 0. The van der Waals surface area contributed by atoms with Crippen molar-refractivity contribution in [1.29, 1.82) is 0 Å². The largest absolute Gasteiger partial charge is 0.404 e. The van der Waals surface area contributed by atoms with Crippen LogP contribution in [0, 0.1) is 5.92 Å². The molecule has 1 aliphatic heterocycles. The minimum absolute atomic E-state index is 0.118. The summed E-state index contributed by atoms with van der Waals surface area (Å²) in [5.41, 5.74) is 2.46. The number of hydrogen-bond acceptors (Lipinski definition) is 4. The van der Waals surface area contributed by atoms with Crippen molar-refractivity contribution >= 4 is 11.7 Å². The molecule has 1 rings (SSSR count). The molecule has 0 aromatic carbocycles. The first-order valence-electron chi connectivity index (χ1n) is 5.46. The van der Waals surface area contributed by atoms with Crippen molar-refractivity contribution in [2.75, 3.05) is 19.8 Å². The van der Waals surface area contributed by atoms with Gasteiger partial charge in [0, 0.05) is 13.1 Å². The van der Waals surface area contributed by atoms with Crippen LogP contribution in [0.1, 0.15) is 0 Å². The smallest absolute Gasteiger partial charge is 0.247 e. The molecule has 1 heterocycles. The van der Waals surface area contributed by atoms with E-state index in [0.29, 0.717) is 13.1 Å². The van der Waals surface area contributed by atoms with Gasteiger partial charge in [-0.1, -0.05) is 25.5 Å². The molecule has 0 bridgehead atoms. The van der Waals surface area contributed by atoms with Gasteiger partial charge in [-0.25, -0.2) is 0 Å². The van der Waals surface area contributed by atoms with Gasteiger partial charge in [-0.3, -0.25) is 9.59 Å². The Bertz CT molecular complexity index is 382. The second-order valence-corrected chi connectivity index (χ2v) is 3.80. The van der Waals surface area contributed by atoms with Crippen LogP contribution in [-0.2, 0) is 14.4 Å². The third-order valence-corrected chi connectivity index (χ3v) is 2.57. The summed E-state index contributed by atoms with van der Waals surface area (Å²) in [6.45, 7) is 11.3. The molecule has 0 saturated carbocycles. The van der Waals surface area contributed by atoms with E-state index in [4.69, 9.17) is 4.84 Å². The first kappa shape index (κ1) is 14.0. The van der Waals surface area contributed by atoms with Crippen LogP contribution in [0.4, 0.5) is 0 Å². The minimum atomic E-state index is -0.349. The van der Waals surface area contributed by atoms with Crippen molar-refractivity contribution in [2.45, 2.75) is 0 Å². The number of amides is 1. The molecule has 1 aliphatic rings. The van der Waals surface area contributed by atoms with Crippen LogP contribution >= 0.6 is 0 Å². The second kappa shape index (κ2) is 6.59. The SMILES string of the molecule is C=C=CON1CC(C(=O)C=C)CN(C(=O)C=C)C1. The third-order valence-electron chi connectivity index (χ3n) is 2.57. The van der Waals surface area contributed by atoms with Crippen molar-refractivity contribution in [3.8, 4) is 0 Å². The number of ketones is 1. The van der Waals surface area contributed by atoms with Crippen molar-refractivity contribution in [2.24, 2.45) is 5.92 Å². The maximum atomic E-state index is 11.6. The van der Waals surface area contributed by atoms with Crippen LogP contribution < -0.4 is 0 Å². The zero-order valence-electron chi connectivity index (χ0n) is 10.2. The molecule has 0 aliphatic carbocycles. The fourth-order valence-electron chi connectivity index (χ4n) is 1.70. The Morgan fingerprint density at radius 2 is 2.00 bits per heavy atom. The Morgan fingerprint density at radius 3 is 2.56 bits per heavy atom. The number of carbonyl (C=O) groups excluding carboxylic acids is 2. The summed E-state index contributed by atoms with van der Waals surface area (Å²) in [6, 6.07) is 0. The lowest BCUT2D eigenvalue weighted by Gasteiger charge is -2.37. The summed E-state index contributed by atoms with van der Waals surface area (Å²) in [5.74, 6) is -0.709. The van der Waals surface area contributed by atoms with Gasteiger partial charge in [-0.05, 0) is 12.2 Å². The zero-order chi connectivity index (χ0) is 13.5. The van der Waals surface area contributed by atoms with Gasteiger partial charge in [-0.2, -0.15) is 0 Å². The molecule has 18 heavy (non-hydrogen) atoms. The molecule has 0 aromatic rings. The highest BCUT2D eigenvalue weighted by atomic mass is 16.7. The van der Waals surface area contributed by atoms with Crippen molar-refractivity contribution < 1.29 is 14.4 Å². The predicted octanol–water partition coefficient (Wildman–Crippen LogP) is 0.876. The standard InChI is InChI=1S/C13H16N2O3/c1-4-7-18-15-9-11(12(16)5-2)8-14(10-15)13(17)6-3/h5-7,11H,1-3,8-10H2. The van der Waals surface area contributed by atoms with Crippen molar-refractivity contribution in [3.05, 3.63) is 43.9 Å². The van der Waals surface area contributed by atoms with Crippen molar-refractivity contribution in [3.63, 3.8) is 0 Å². The summed E-state index contributed by atoms with van der Waals surface area (Å²) >= 11 is 0. The molecular weight excluding hydrogens is 232 g/mol. The molecule has 5 heteroatoms. The van der Waals surface area contributed by atoms with Gasteiger partial charge in [0.1, 0.15) is 6.67 Å². The van der Waals surface area contributed by atoms with Crippen LogP contribution in [0.3, 0.4) is 0 Å². The average molecular weight is 248 g/mol.